The van der Waals surface area contributed by atoms with Crippen LogP contribution in [0.3, 0.4) is 0 Å². The smallest absolute Gasteiger partial charge is 0.407 e. The number of carbonyl (C=O) groups excluding carboxylic acids is 1. The molecule has 0 aromatic heterocycles. The van der Waals surface area contributed by atoms with Gasteiger partial charge in [0.1, 0.15) is 5.60 Å². The van der Waals surface area contributed by atoms with Gasteiger partial charge in [0.05, 0.1) is 165 Å². The van der Waals surface area contributed by atoms with Gasteiger partial charge in [-0.3, -0.25) is 4.79 Å². The number of rotatable bonds is 47. The number of allylic oxidation sites excluding steroid dienone is 2. The predicted molar refractivity (Wildman–Crippen MR) is 292 cm³/mol. The Labute approximate surface area is 458 Å². The Morgan fingerprint density at radius 2 is 1.04 bits per heavy atom. The minimum Gasteiger partial charge on any atom is -0.481 e. The van der Waals surface area contributed by atoms with Crippen LogP contribution in [-0.4, -0.2) is 188 Å². The van der Waals surface area contributed by atoms with Crippen molar-refractivity contribution in [2.45, 2.75) is 138 Å². The molecule has 0 heterocycles. The van der Waals surface area contributed by atoms with Crippen LogP contribution in [0, 0.1) is 52.3 Å². The van der Waals surface area contributed by atoms with Gasteiger partial charge in [-0.2, -0.15) is 0 Å². The number of hydrogen-bond acceptors (Lipinski definition) is 15. The number of aliphatic carboxylic acids is 1. The molecule has 0 aliphatic heterocycles. The first kappa shape index (κ1) is 66.5. The molecule has 0 spiro atoms. The SMILES string of the molecule is CC(C)CCC[C@@H](C)[C@H]1CC[C@H]2[C@@H]3CC=C4CC(CC(C)(C)OC(=O)NCCOCCOCCOCCOCCOCCOCCOCCOCCOCCOCCOCCOCCC(=O)O)CC[C@]4(C)[C@H]3CC[C@]12C. The fourth-order valence-electron chi connectivity index (χ4n) is 12.9. The van der Waals surface area contributed by atoms with Crippen LogP contribution >= 0.6 is 0 Å². The van der Waals surface area contributed by atoms with Crippen LogP contribution in [0.5, 0.6) is 0 Å². The molecule has 17 heteroatoms. The topological polar surface area (TPSA) is 186 Å². The summed E-state index contributed by atoms with van der Waals surface area (Å²) in [6.07, 6.45) is 18.0. The monoisotopic (exact) mass is 1090 g/mol. The first-order valence-corrected chi connectivity index (χ1v) is 29.6. The molecule has 4 aliphatic carbocycles. The molecular weight excluding hydrogens is 979 g/mol. The van der Waals surface area contributed by atoms with Crippen molar-refractivity contribution in [3.63, 3.8) is 0 Å². The molecule has 4 rings (SSSR count). The maximum Gasteiger partial charge on any atom is 0.407 e. The van der Waals surface area contributed by atoms with Gasteiger partial charge in [0, 0.05) is 6.54 Å². The Morgan fingerprint density at radius 3 is 1.49 bits per heavy atom. The average Bonchev–Trinajstić information content (AvgIpc) is 3.83. The van der Waals surface area contributed by atoms with Gasteiger partial charge in [-0.05, 0) is 124 Å². The normalized spacial score (nSPS) is 24.7. The van der Waals surface area contributed by atoms with Crippen molar-refractivity contribution < 1.29 is 76.3 Å². The second-order valence-corrected chi connectivity index (χ2v) is 23.2. The van der Waals surface area contributed by atoms with Crippen LogP contribution in [0.15, 0.2) is 11.6 Å². The summed E-state index contributed by atoms with van der Waals surface area (Å²) in [5.74, 6) is 4.78. The van der Waals surface area contributed by atoms with Crippen LogP contribution < -0.4 is 5.32 Å². The Bertz CT molecular complexity index is 1550. The summed E-state index contributed by atoms with van der Waals surface area (Å²) in [5.41, 5.74) is 2.02. The van der Waals surface area contributed by atoms with E-state index in [1.165, 1.54) is 64.2 Å². The Kier molecular flexibility index (Phi) is 33.8. The van der Waals surface area contributed by atoms with E-state index in [0.717, 1.165) is 48.3 Å². The molecule has 3 saturated carbocycles. The van der Waals surface area contributed by atoms with Crippen molar-refractivity contribution in [1.29, 1.82) is 0 Å². The number of fused-ring (bicyclic) bond motifs is 5. The standard InChI is InChI=1S/C59H107NO16/c1-47(2)9-8-10-48(3)52-13-14-53-51-12-11-50-45-49(15-18-58(50,6)54(51)16-19-59(52,53)7)46-57(4,5)76-56(63)60-20-22-65-24-26-67-28-30-69-32-34-71-36-38-73-40-42-75-44-43-74-41-39-72-37-35-70-33-31-68-29-27-66-25-23-64-21-17-55(61)62/h11,47-49,51-54H,8-10,12-46H2,1-7H3,(H,60,63)(H,61,62)/t48-,49?,51+,52-,53+,54+,58+,59-/m1/s1. The number of alkyl carbamates (subject to hydrolysis) is 1. The van der Waals surface area contributed by atoms with Crippen molar-refractivity contribution in [3.05, 3.63) is 11.6 Å². The highest BCUT2D eigenvalue weighted by Crippen LogP contribution is 2.67. The Hall–Kier alpha value is -2.00. The first-order chi connectivity index (χ1) is 36.7. The number of hydrogen-bond donors (Lipinski definition) is 2. The summed E-state index contributed by atoms with van der Waals surface area (Å²) in [5, 5.41) is 11.4. The van der Waals surface area contributed by atoms with Gasteiger partial charge in [-0.15, -0.1) is 0 Å². The third kappa shape index (κ3) is 26.1. The third-order valence-electron chi connectivity index (χ3n) is 16.6. The molecule has 76 heavy (non-hydrogen) atoms. The lowest BCUT2D eigenvalue weighted by atomic mass is 9.46. The maximum atomic E-state index is 12.8. The molecule has 444 valence electrons. The number of carbonyl (C=O) groups is 2. The number of nitrogens with one attached hydrogen (secondary N) is 1. The van der Waals surface area contributed by atoms with Crippen molar-refractivity contribution in [2.24, 2.45) is 52.3 Å². The number of ether oxygens (including phenoxy) is 13. The quantitative estimate of drug-likeness (QED) is 0.0434. The van der Waals surface area contributed by atoms with Crippen LogP contribution in [0.2, 0.25) is 0 Å². The number of carboxylic acid groups (broad SMARTS) is 1. The largest absolute Gasteiger partial charge is 0.481 e. The van der Waals surface area contributed by atoms with Gasteiger partial charge in [-0.25, -0.2) is 4.79 Å². The fraction of sp³-hybridized carbons (Fsp3) is 0.932. The second-order valence-electron chi connectivity index (χ2n) is 23.2. The second kappa shape index (κ2) is 38.6. The summed E-state index contributed by atoms with van der Waals surface area (Å²) >= 11 is 0. The molecule has 17 nitrogen and oxygen atoms in total. The fourth-order valence-corrected chi connectivity index (χ4v) is 12.9. The van der Waals surface area contributed by atoms with Crippen LogP contribution in [0.4, 0.5) is 4.79 Å². The van der Waals surface area contributed by atoms with Gasteiger partial charge in [0.15, 0.2) is 0 Å². The van der Waals surface area contributed by atoms with Crippen molar-refractivity contribution in [3.8, 4) is 0 Å². The minimum absolute atomic E-state index is 0.00667. The van der Waals surface area contributed by atoms with Gasteiger partial charge >= 0.3 is 12.1 Å². The summed E-state index contributed by atoms with van der Waals surface area (Å²) in [6.45, 7) is 27.9. The highest BCUT2D eigenvalue weighted by Gasteiger charge is 2.59. The zero-order valence-electron chi connectivity index (χ0n) is 48.6. The van der Waals surface area contributed by atoms with E-state index >= 15 is 0 Å². The summed E-state index contributed by atoms with van der Waals surface area (Å²) in [7, 11) is 0. The Morgan fingerprint density at radius 1 is 0.592 bits per heavy atom. The van der Waals surface area contributed by atoms with E-state index in [2.05, 4.69) is 59.9 Å². The summed E-state index contributed by atoms with van der Waals surface area (Å²) < 4.78 is 71.8. The van der Waals surface area contributed by atoms with E-state index < -0.39 is 11.6 Å². The summed E-state index contributed by atoms with van der Waals surface area (Å²) in [4.78, 5) is 23.2. The molecule has 1 amide bonds. The van der Waals surface area contributed by atoms with Crippen LogP contribution in [-0.2, 0) is 66.4 Å². The van der Waals surface area contributed by atoms with Crippen molar-refractivity contribution >= 4 is 12.1 Å². The number of carboxylic acids is 1. The van der Waals surface area contributed by atoms with Crippen LogP contribution in [0.25, 0.3) is 0 Å². The van der Waals surface area contributed by atoms with Crippen molar-refractivity contribution in [1.82, 2.24) is 5.32 Å². The summed E-state index contributed by atoms with van der Waals surface area (Å²) in [6, 6.07) is 0. The first-order valence-electron chi connectivity index (χ1n) is 29.6. The van der Waals surface area contributed by atoms with E-state index in [0.29, 0.717) is 175 Å². The third-order valence-corrected chi connectivity index (χ3v) is 16.6. The maximum absolute atomic E-state index is 12.8. The molecule has 8 atom stereocenters. The van der Waals surface area contributed by atoms with E-state index in [1.54, 1.807) is 5.57 Å². The molecule has 2 N–H and O–H groups in total. The van der Waals surface area contributed by atoms with Gasteiger partial charge in [0.25, 0.3) is 0 Å². The molecule has 3 fully saturated rings. The molecule has 0 bridgehead atoms. The van der Waals surface area contributed by atoms with E-state index in [4.69, 9.17) is 66.7 Å². The number of amides is 1. The zero-order chi connectivity index (χ0) is 54.8. The molecule has 0 aromatic carbocycles. The van der Waals surface area contributed by atoms with E-state index in [9.17, 15) is 9.59 Å². The molecule has 1 unspecified atom stereocenters. The average molecular weight is 1090 g/mol. The predicted octanol–water partition coefficient (Wildman–Crippen LogP) is 9.21. The highest BCUT2D eigenvalue weighted by atomic mass is 16.6. The molecule has 0 radical (unpaired) electrons. The zero-order valence-corrected chi connectivity index (χ0v) is 48.6. The molecular formula is C59H107NO16. The van der Waals surface area contributed by atoms with Crippen molar-refractivity contribution in [2.75, 3.05) is 165 Å². The highest BCUT2D eigenvalue weighted by molar-refractivity contribution is 5.67. The molecule has 0 saturated heterocycles. The molecule has 0 aromatic rings. The lowest BCUT2D eigenvalue weighted by Gasteiger charge is -2.59. The van der Waals surface area contributed by atoms with Gasteiger partial charge in [-0.1, -0.05) is 65.5 Å². The molecule has 4 aliphatic rings. The van der Waals surface area contributed by atoms with Crippen LogP contribution in [0.1, 0.15) is 132 Å². The van der Waals surface area contributed by atoms with E-state index in [1.807, 2.05) is 0 Å². The lowest BCUT2D eigenvalue weighted by Crippen LogP contribution is -2.50. The minimum atomic E-state index is -0.876. The Balaban J connectivity index is 0.854. The van der Waals surface area contributed by atoms with E-state index in [-0.39, 0.29) is 19.1 Å². The van der Waals surface area contributed by atoms with Gasteiger partial charge in [0.2, 0.25) is 0 Å². The lowest BCUT2D eigenvalue weighted by molar-refractivity contribution is -0.138. The van der Waals surface area contributed by atoms with Gasteiger partial charge < -0.3 is 72.0 Å².